The van der Waals surface area contributed by atoms with Crippen molar-refractivity contribution in [1.29, 1.82) is 0 Å². The molecular weight excluding hydrogens is 301 g/mol. The number of methoxy groups -OCH3 is 1. The molecule has 0 spiro atoms. The van der Waals surface area contributed by atoms with Crippen LogP contribution in [0.2, 0.25) is 0 Å². The number of nitrogens with one attached hydrogen (secondary N) is 2. The van der Waals surface area contributed by atoms with E-state index in [2.05, 4.69) is 20.8 Å². The number of rotatable bonds is 6. The quantitative estimate of drug-likeness (QED) is 0.853. The van der Waals surface area contributed by atoms with Gasteiger partial charge in [-0.15, -0.1) is 10.2 Å². The van der Waals surface area contributed by atoms with E-state index in [1.807, 2.05) is 11.5 Å². The van der Waals surface area contributed by atoms with Gasteiger partial charge in [0.05, 0.1) is 19.7 Å². The van der Waals surface area contributed by atoms with Crippen LogP contribution in [0.1, 0.15) is 31.3 Å². The van der Waals surface area contributed by atoms with Gasteiger partial charge in [-0.3, -0.25) is 0 Å². The Morgan fingerprint density at radius 3 is 2.91 bits per heavy atom. The van der Waals surface area contributed by atoms with E-state index in [9.17, 15) is 9.18 Å². The molecule has 0 aliphatic carbocycles. The van der Waals surface area contributed by atoms with Gasteiger partial charge in [-0.1, -0.05) is 6.07 Å². The molecule has 0 saturated heterocycles. The first-order chi connectivity index (χ1) is 11.0. The average Bonchev–Trinajstić information content (AvgIpc) is 3.00. The molecule has 2 rings (SSSR count). The fourth-order valence-corrected chi connectivity index (χ4v) is 2.12. The number of carbonyl (C=O) groups excluding carboxylic acids is 1. The average molecular weight is 321 g/mol. The van der Waals surface area contributed by atoms with Crippen molar-refractivity contribution in [3.05, 3.63) is 41.7 Å². The lowest BCUT2D eigenvalue weighted by Gasteiger charge is -2.16. The van der Waals surface area contributed by atoms with Gasteiger partial charge in [-0.05, 0) is 31.5 Å². The fraction of sp³-hybridized carbons (Fsp3) is 0.400. The maximum atomic E-state index is 13.7. The highest BCUT2D eigenvalue weighted by molar-refractivity contribution is 5.74. The van der Waals surface area contributed by atoms with Crippen LogP contribution < -0.4 is 15.4 Å². The molecule has 0 radical (unpaired) electrons. The molecule has 2 amide bonds. The number of carbonyl (C=O) groups is 1. The third kappa shape index (κ3) is 4.18. The van der Waals surface area contributed by atoms with Gasteiger partial charge in [-0.25, -0.2) is 9.18 Å². The van der Waals surface area contributed by atoms with Crippen LogP contribution in [-0.4, -0.2) is 27.9 Å². The predicted molar refractivity (Wildman–Crippen MR) is 82.4 cm³/mol. The summed E-state index contributed by atoms with van der Waals surface area (Å²) >= 11 is 0. The first-order valence-electron chi connectivity index (χ1n) is 7.29. The molecule has 124 valence electrons. The topological polar surface area (TPSA) is 81.1 Å². The predicted octanol–water partition coefficient (Wildman–Crippen LogP) is 2.01. The van der Waals surface area contributed by atoms with Crippen LogP contribution in [0.25, 0.3) is 0 Å². The zero-order valence-corrected chi connectivity index (χ0v) is 13.3. The van der Waals surface area contributed by atoms with Crippen molar-refractivity contribution in [2.24, 2.45) is 0 Å². The van der Waals surface area contributed by atoms with E-state index in [1.165, 1.54) is 19.2 Å². The molecule has 0 fully saturated rings. The van der Waals surface area contributed by atoms with Crippen LogP contribution in [0.15, 0.2) is 24.5 Å². The van der Waals surface area contributed by atoms with E-state index in [-0.39, 0.29) is 24.4 Å². The number of nitrogens with zero attached hydrogens (tertiary/aromatic N) is 3. The summed E-state index contributed by atoms with van der Waals surface area (Å²) in [6.07, 6.45) is 1.61. The second kappa shape index (κ2) is 7.57. The van der Waals surface area contributed by atoms with Crippen molar-refractivity contribution in [2.75, 3.05) is 7.11 Å². The van der Waals surface area contributed by atoms with Crippen molar-refractivity contribution >= 4 is 6.03 Å². The van der Waals surface area contributed by atoms with Crippen LogP contribution in [0, 0.1) is 5.82 Å². The summed E-state index contributed by atoms with van der Waals surface area (Å²) in [7, 11) is 1.41. The summed E-state index contributed by atoms with van der Waals surface area (Å²) in [4.78, 5) is 11.9. The van der Waals surface area contributed by atoms with Crippen LogP contribution in [0.3, 0.4) is 0 Å². The maximum absolute atomic E-state index is 13.7. The zero-order chi connectivity index (χ0) is 16.8. The Kier molecular flexibility index (Phi) is 5.51. The molecular formula is C15H20FN5O2. The largest absolute Gasteiger partial charge is 0.494 e. The minimum atomic E-state index is -0.463. The van der Waals surface area contributed by atoms with Gasteiger partial charge >= 0.3 is 6.03 Å². The molecule has 0 unspecified atom stereocenters. The SMILES string of the molecule is CCn1cnnc1CNC(=O)N[C@H](C)c1ccc(OC)c(F)c1. The number of amides is 2. The molecule has 2 N–H and O–H groups in total. The number of hydrogen-bond donors (Lipinski definition) is 2. The molecule has 23 heavy (non-hydrogen) atoms. The molecule has 7 nitrogen and oxygen atoms in total. The van der Waals surface area contributed by atoms with Crippen LogP contribution in [0.5, 0.6) is 5.75 Å². The second-order valence-electron chi connectivity index (χ2n) is 4.98. The van der Waals surface area contributed by atoms with Crippen molar-refractivity contribution in [2.45, 2.75) is 33.0 Å². The van der Waals surface area contributed by atoms with Gasteiger partial charge < -0.3 is 19.9 Å². The minimum absolute atomic E-state index is 0.171. The smallest absolute Gasteiger partial charge is 0.315 e. The number of ether oxygens (including phenoxy) is 1. The Balaban J connectivity index is 1.90. The molecule has 0 bridgehead atoms. The maximum Gasteiger partial charge on any atom is 0.315 e. The standard InChI is InChI=1S/C15H20FN5O2/c1-4-21-9-18-20-14(21)8-17-15(22)19-10(2)11-5-6-13(23-3)12(16)7-11/h5-7,9-10H,4,8H2,1-3H3,(H2,17,19,22)/t10-/m1/s1. The van der Waals surface area contributed by atoms with Crippen LogP contribution in [-0.2, 0) is 13.1 Å². The summed E-state index contributed by atoms with van der Waals surface area (Å²) in [6.45, 7) is 4.74. The summed E-state index contributed by atoms with van der Waals surface area (Å²) in [6, 6.07) is 3.88. The van der Waals surface area contributed by atoms with E-state index < -0.39 is 5.82 Å². The van der Waals surface area contributed by atoms with Gasteiger partial charge in [0.1, 0.15) is 6.33 Å². The molecule has 1 atom stereocenters. The molecule has 8 heteroatoms. The Bertz CT molecular complexity index is 674. The van der Waals surface area contributed by atoms with E-state index >= 15 is 0 Å². The summed E-state index contributed by atoms with van der Waals surface area (Å²) in [5.41, 5.74) is 0.648. The summed E-state index contributed by atoms with van der Waals surface area (Å²) < 4.78 is 20.4. The Morgan fingerprint density at radius 2 is 2.26 bits per heavy atom. The second-order valence-corrected chi connectivity index (χ2v) is 4.98. The van der Waals surface area contributed by atoms with E-state index in [4.69, 9.17) is 4.74 Å². The summed E-state index contributed by atoms with van der Waals surface area (Å²) in [5.74, 6) is 0.380. The van der Waals surface area contributed by atoms with Crippen molar-refractivity contribution < 1.29 is 13.9 Å². The minimum Gasteiger partial charge on any atom is -0.494 e. The van der Waals surface area contributed by atoms with Gasteiger partial charge in [0.15, 0.2) is 17.4 Å². The third-order valence-electron chi connectivity index (χ3n) is 3.47. The molecule has 1 aromatic heterocycles. The number of aryl methyl sites for hydroxylation is 1. The lowest BCUT2D eigenvalue weighted by molar-refractivity contribution is 0.237. The Morgan fingerprint density at radius 1 is 1.48 bits per heavy atom. The van der Waals surface area contributed by atoms with E-state index in [0.29, 0.717) is 11.4 Å². The Hall–Kier alpha value is -2.64. The van der Waals surface area contributed by atoms with Crippen molar-refractivity contribution in [3.63, 3.8) is 0 Å². The molecule has 0 aliphatic rings. The monoisotopic (exact) mass is 321 g/mol. The normalized spacial score (nSPS) is 11.8. The fourth-order valence-electron chi connectivity index (χ4n) is 2.12. The van der Waals surface area contributed by atoms with Gasteiger partial charge in [0.2, 0.25) is 0 Å². The first kappa shape index (κ1) is 16.7. The first-order valence-corrected chi connectivity index (χ1v) is 7.29. The molecule has 0 aliphatic heterocycles. The lowest BCUT2D eigenvalue weighted by Crippen LogP contribution is -2.37. The highest BCUT2D eigenvalue weighted by Crippen LogP contribution is 2.21. The number of urea groups is 1. The van der Waals surface area contributed by atoms with Crippen LogP contribution >= 0.6 is 0 Å². The zero-order valence-electron chi connectivity index (χ0n) is 13.3. The molecule has 2 aromatic rings. The number of benzene rings is 1. The highest BCUT2D eigenvalue weighted by atomic mass is 19.1. The number of aromatic nitrogens is 3. The number of hydrogen-bond acceptors (Lipinski definition) is 4. The number of halogens is 1. The third-order valence-corrected chi connectivity index (χ3v) is 3.47. The molecule has 1 aromatic carbocycles. The molecule has 0 saturated carbocycles. The lowest BCUT2D eigenvalue weighted by atomic mass is 10.1. The highest BCUT2D eigenvalue weighted by Gasteiger charge is 2.13. The van der Waals surface area contributed by atoms with Gasteiger partial charge in [-0.2, -0.15) is 0 Å². The van der Waals surface area contributed by atoms with Crippen LogP contribution in [0.4, 0.5) is 9.18 Å². The summed E-state index contributed by atoms with van der Waals surface area (Å²) in [5, 5.41) is 13.2. The van der Waals surface area contributed by atoms with Crippen molar-refractivity contribution in [3.8, 4) is 5.75 Å². The van der Waals surface area contributed by atoms with Gasteiger partial charge in [0, 0.05) is 6.54 Å². The van der Waals surface area contributed by atoms with E-state index in [1.54, 1.807) is 19.3 Å². The van der Waals surface area contributed by atoms with Crippen molar-refractivity contribution in [1.82, 2.24) is 25.4 Å². The van der Waals surface area contributed by atoms with Gasteiger partial charge in [0.25, 0.3) is 0 Å². The Labute approximate surface area is 133 Å². The molecule has 1 heterocycles. The van der Waals surface area contributed by atoms with E-state index in [0.717, 1.165) is 6.54 Å².